The van der Waals surface area contributed by atoms with Crippen molar-refractivity contribution in [1.29, 1.82) is 0 Å². The Morgan fingerprint density at radius 2 is 1.73 bits per heavy atom. The molecule has 1 amide bonds. The van der Waals surface area contributed by atoms with Crippen molar-refractivity contribution in [3.05, 3.63) is 53.6 Å². The number of ether oxygens (including phenoxy) is 3. The molecule has 1 heterocycles. The van der Waals surface area contributed by atoms with Crippen LogP contribution in [0.25, 0.3) is 0 Å². The number of carbonyl (C=O) groups excluding carboxylic acids is 1. The molecule has 1 atom stereocenters. The van der Waals surface area contributed by atoms with Crippen LogP contribution in [-0.4, -0.2) is 25.9 Å². The first-order chi connectivity index (χ1) is 14.7. The monoisotopic (exact) mass is 409 g/mol. The van der Waals surface area contributed by atoms with E-state index in [1.807, 2.05) is 24.3 Å². The first kappa shape index (κ1) is 20.6. The maximum atomic E-state index is 12.7. The van der Waals surface area contributed by atoms with Crippen LogP contribution in [0.1, 0.15) is 49.7 Å². The molecule has 0 spiro atoms. The molecule has 5 heteroatoms. The molecule has 0 radical (unpaired) electrons. The highest BCUT2D eigenvalue weighted by atomic mass is 16.7. The normalized spacial score (nSPS) is 16.4. The lowest BCUT2D eigenvalue weighted by molar-refractivity contribution is -0.122. The van der Waals surface area contributed by atoms with Crippen LogP contribution in [0.5, 0.6) is 17.2 Å². The van der Waals surface area contributed by atoms with E-state index in [0.717, 1.165) is 48.0 Å². The summed E-state index contributed by atoms with van der Waals surface area (Å²) in [6.07, 6.45) is 8.33. The summed E-state index contributed by atoms with van der Waals surface area (Å²) in [5, 5.41) is 3.29. The van der Waals surface area contributed by atoms with Gasteiger partial charge in [-0.05, 0) is 60.6 Å². The fourth-order valence-electron chi connectivity index (χ4n) is 4.51. The van der Waals surface area contributed by atoms with Crippen molar-refractivity contribution < 1.29 is 19.0 Å². The van der Waals surface area contributed by atoms with Crippen molar-refractivity contribution in [2.75, 3.05) is 13.9 Å². The second kappa shape index (κ2) is 9.88. The molecule has 1 saturated carbocycles. The fourth-order valence-corrected chi connectivity index (χ4v) is 4.51. The molecule has 2 aromatic rings. The number of hydrogen-bond donors (Lipinski definition) is 1. The zero-order chi connectivity index (χ0) is 20.8. The molecule has 1 aliphatic carbocycles. The Hall–Kier alpha value is -2.69. The Balaban J connectivity index is 1.41. The van der Waals surface area contributed by atoms with E-state index in [-0.39, 0.29) is 18.7 Å². The summed E-state index contributed by atoms with van der Waals surface area (Å²) in [4.78, 5) is 12.7. The van der Waals surface area contributed by atoms with Gasteiger partial charge in [0.2, 0.25) is 12.7 Å². The summed E-state index contributed by atoms with van der Waals surface area (Å²) in [6.45, 7) is 0.270. The fraction of sp³-hybridized carbons (Fsp3) is 0.480. The molecular formula is C25H31NO4. The van der Waals surface area contributed by atoms with E-state index in [1.54, 1.807) is 7.11 Å². The molecule has 0 bridgehead atoms. The summed E-state index contributed by atoms with van der Waals surface area (Å²) in [5.41, 5.74) is 2.31. The zero-order valence-corrected chi connectivity index (χ0v) is 17.7. The number of fused-ring (bicyclic) bond motifs is 1. The molecule has 2 aromatic carbocycles. The second-order valence-corrected chi connectivity index (χ2v) is 8.40. The Morgan fingerprint density at radius 3 is 2.50 bits per heavy atom. The van der Waals surface area contributed by atoms with Gasteiger partial charge in [-0.15, -0.1) is 0 Å². The highest BCUT2D eigenvalue weighted by molar-refractivity contribution is 5.76. The van der Waals surface area contributed by atoms with Crippen LogP contribution < -0.4 is 19.5 Å². The van der Waals surface area contributed by atoms with E-state index in [9.17, 15) is 4.79 Å². The summed E-state index contributed by atoms with van der Waals surface area (Å²) in [6, 6.07) is 14.1. The maximum Gasteiger partial charge on any atom is 0.231 e. The standard InChI is InChI=1S/C25H31NO4/c1-28-22-10-6-19(7-11-22)14-21(26-25(27)13-9-18-4-2-3-5-18)15-20-8-12-23-24(16-20)30-17-29-23/h6-8,10-12,16,18,21H,2-5,9,13-15,17H2,1H3,(H,26,27)/t21-/m0/s1. The van der Waals surface area contributed by atoms with Gasteiger partial charge >= 0.3 is 0 Å². The molecule has 1 aliphatic heterocycles. The minimum absolute atomic E-state index is 0.0230. The largest absolute Gasteiger partial charge is 0.497 e. The minimum atomic E-state index is 0.0230. The van der Waals surface area contributed by atoms with E-state index in [1.165, 1.54) is 31.2 Å². The Labute approximate surface area is 178 Å². The lowest BCUT2D eigenvalue weighted by Gasteiger charge is -2.20. The average Bonchev–Trinajstić information content (AvgIpc) is 3.44. The number of rotatable bonds is 9. The predicted octanol–water partition coefficient (Wildman–Crippen LogP) is 4.66. The number of nitrogens with one attached hydrogen (secondary N) is 1. The van der Waals surface area contributed by atoms with Crippen molar-refractivity contribution in [2.24, 2.45) is 5.92 Å². The summed E-state index contributed by atoms with van der Waals surface area (Å²) in [5.74, 6) is 3.28. The summed E-state index contributed by atoms with van der Waals surface area (Å²) in [7, 11) is 1.67. The van der Waals surface area contributed by atoms with Gasteiger partial charge in [0, 0.05) is 12.5 Å². The van der Waals surface area contributed by atoms with Crippen molar-refractivity contribution in [3.8, 4) is 17.2 Å². The topological polar surface area (TPSA) is 56.8 Å². The van der Waals surface area contributed by atoms with E-state index in [4.69, 9.17) is 14.2 Å². The minimum Gasteiger partial charge on any atom is -0.497 e. The highest BCUT2D eigenvalue weighted by Crippen LogP contribution is 2.33. The van der Waals surface area contributed by atoms with Crippen molar-refractivity contribution in [2.45, 2.75) is 57.4 Å². The molecule has 1 N–H and O–H groups in total. The molecule has 160 valence electrons. The van der Waals surface area contributed by atoms with Gasteiger partial charge in [-0.25, -0.2) is 0 Å². The Bertz CT molecular complexity index is 843. The van der Waals surface area contributed by atoms with Gasteiger partial charge in [0.15, 0.2) is 11.5 Å². The molecule has 0 unspecified atom stereocenters. The van der Waals surface area contributed by atoms with E-state index >= 15 is 0 Å². The van der Waals surface area contributed by atoms with Gasteiger partial charge in [0.25, 0.3) is 0 Å². The molecule has 4 rings (SSSR count). The lowest BCUT2D eigenvalue weighted by atomic mass is 9.97. The van der Waals surface area contributed by atoms with Gasteiger partial charge in [-0.1, -0.05) is 43.9 Å². The van der Waals surface area contributed by atoms with E-state index in [0.29, 0.717) is 6.42 Å². The number of hydrogen-bond acceptors (Lipinski definition) is 4. The lowest BCUT2D eigenvalue weighted by Crippen LogP contribution is -2.38. The zero-order valence-electron chi connectivity index (χ0n) is 17.7. The summed E-state index contributed by atoms with van der Waals surface area (Å²) >= 11 is 0. The first-order valence-corrected chi connectivity index (χ1v) is 11.0. The quantitative estimate of drug-likeness (QED) is 0.654. The molecule has 0 aromatic heterocycles. The van der Waals surface area contributed by atoms with Crippen LogP contribution in [0.4, 0.5) is 0 Å². The van der Waals surface area contributed by atoms with E-state index in [2.05, 4.69) is 23.5 Å². The Kier molecular flexibility index (Phi) is 6.77. The molecule has 0 saturated heterocycles. The average molecular weight is 410 g/mol. The number of methoxy groups -OCH3 is 1. The van der Waals surface area contributed by atoms with E-state index < -0.39 is 0 Å². The van der Waals surface area contributed by atoms with Gasteiger partial charge in [-0.2, -0.15) is 0 Å². The highest BCUT2D eigenvalue weighted by Gasteiger charge is 2.20. The van der Waals surface area contributed by atoms with Crippen molar-refractivity contribution in [3.63, 3.8) is 0 Å². The van der Waals surface area contributed by atoms with Crippen molar-refractivity contribution in [1.82, 2.24) is 5.32 Å². The predicted molar refractivity (Wildman–Crippen MR) is 116 cm³/mol. The molecular weight excluding hydrogens is 378 g/mol. The number of amides is 1. The van der Waals surface area contributed by atoms with Gasteiger partial charge < -0.3 is 19.5 Å². The van der Waals surface area contributed by atoms with Crippen LogP contribution in [-0.2, 0) is 17.6 Å². The second-order valence-electron chi connectivity index (χ2n) is 8.40. The van der Waals surface area contributed by atoms with Gasteiger partial charge in [0.05, 0.1) is 7.11 Å². The van der Waals surface area contributed by atoms with Crippen LogP contribution in [0, 0.1) is 5.92 Å². The third-order valence-corrected chi connectivity index (χ3v) is 6.18. The molecule has 1 fully saturated rings. The SMILES string of the molecule is COc1ccc(C[C@@H](Cc2ccc3c(c2)OCO3)NC(=O)CCC2CCCC2)cc1. The van der Waals surface area contributed by atoms with Crippen LogP contribution >= 0.6 is 0 Å². The molecule has 5 nitrogen and oxygen atoms in total. The molecule has 30 heavy (non-hydrogen) atoms. The van der Waals surface area contributed by atoms with Crippen LogP contribution in [0.15, 0.2) is 42.5 Å². The number of carbonyl (C=O) groups is 1. The molecule has 2 aliphatic rings. The van der Waals surface area contributed by atoms with Crippen LogP contribution in [0.3, 0.4) is 0 Å². The third kappa shape index (κ3) is 5.47. The summed E-state index contributed by atoms with van der Waals surface area (Å²) < 4.78 is 16.2. The van der Waals surface area contributed by atoms with Gasteiger partial charge in [-0.3, -0.25) is 4.79 Å². The third-order valence-electron chi connectivity index (χ3n) is 6.18. The smallest absolute Gasteiger partial charge is 0.231 e. The van der Waals surface area contributed by atoms with Crippen molar-refractivity contribution >= 4 is 5.91 Å². The maximum absolute atomic E-state index is 12.7. The number of benzene rings is 2. The Morgan fingerprint density at radius 1 is 1.03 bits per heavy atom. The van der Waals surface area contributed by atoms with Crippen LogP contribution in [0.2, 0.25) is 0 Å². The first-order valence-electron chi connectivity index (χ1n) is 11.0. The van der Waals surface area contributed by atoms with Gasteiger partial charge in [0.1, 0.15) is 5.75 Å².